The molecule has 0 fully saturated rings. The summed E-state index contributed by atoms with van der Waals surface area (Å²) in [5.41, 5.74) is 7.80. The Morgan fingerprint density at radius 2 is 1.59 bits per heavy atom. The van der Waals surface area contributed by atoms with E-state index in [0.717, 1.165) is 17.9 Å². The third-order valence-corrected chi connectivity index (χ3v) is 3.78. The lowest BCUT2D eigenvalue weighted by molar-refractivity contribution is 0.232. The van der Waals surface area contributed by atoms with E-state index in [1.54, 1.807) is 0 Å². The molecule has 0 aliphatic heterocycles. The predicted octanol–water partition coefficient (Wildman–Crippen LogP) is 6.12. The van der Waals surface area contributed by atoms with Gasteiger partial charge in [-0.1, -0.05) is 51.0 Å². The number of benzene rings is 1. The van der Waals surface area contributed by atoms with Crippen LogP contribution in [0.3, 0.4) is 0 Å². The number of allylic oxidation sites excluding steroid dienone is 1. The largest absolute Gasteiger partial charge is 0.486 e. The van der Waals surface area contributed by atoms with Crippen LogP contribution in [0.1, 0.15) is 72.1 Å². The molecule has 1 unspecified atom stereocenters. The second kappa shape index (κ2) is 11.2. The summed E-state index contributed by atoms with van der Waals surface area (Å²) in [6.07, 6.45) is 12.8. The first-order chi connectivity index (χ1) is 10.6. The van der Waals surface area contributed by atoms with Crippen LogP contribution in [0.2, 0.25) is 0 Å². The molecule has 2 nitrogen and oxygen atoms in total. The van der Waals surface area contributed by atoms with Gasteiger partial charge < -0.3 is 10.5 Å². The lowest BCUT2D eigenvalue weighted by Crippen LogP contribution is -2.14. The minimum Gasteiger partial charge on any atom is -0.486 e. The summed E-state index contributed by atoms with van der Waals surface area (Å²) in [5, 5.41) is 0. The van der Waals surface area contributed by atoms with Crippen LogP contribution >= 0.6 is 0 Å². The van der Waals surface area contributed by atoms with E-state index in [1.807, 2.05) is 24.3 Å². The number of rotatable bonds is 11. The van der Waals surface area contributed by atoms with Crippen molar-refractivity contribution in [1.29, 1.82) is 0 Å². The van der Waals surface area contributed by atoms with Gasteiger partial charge >= 0.3 is 0 Å². The fourth-order valence-electron chi connectivity index (χ4n) is 2.57. The zero-order chi connectivity index (χ0) is 16.2. The van der Waals surface area contributed by atoms with Crippen molar-refractivity contribution < 1.29 is 4.74 Å². The molecule has 0 amide bonds. The van der Waals surface area contributed by atoms with Crippen LogP contribution in [0, 0.1) is 0 Å². The van der Waals surface area contributed by atoms with Gasteiger partial charge in [0.1, 0.15) is 11.9 Å². The van der Waals surface area contributed by atoms with Gasteiger partial charge in [-0.2, -0.15) is 0 Å². The highest BCUT2D eigenvalue weighted by Gasteiger charge is 2.07. The summed E-state index contributed by atoms with van der Waals surface area (Å²) < 4.78 is 6.09. The fraction of sp³-hybridized carbons (Fsp3) is 0.600. The molecule has 1 aromatic rings. The molecule has 0 radical (unpaired) electrons. The van der Waals surface area contributed by atoms with Gasteiger partial charge in [-0.25, -0.2) is 0 Å². The summed E-state index contributed by atoms with van der Waals surface area (Å²) in [7, 11) is 0. The molecule has 0 aliphatic rings. The molecule has 0 spiro atoms. The van der Waals surface area contributed by atoms with Crippen molar-refractivity contribution in [3.05, 3.63) is 35.9 Å². The molecule has 22 heavy (non-hydrogen) atoms. The van der Waals surface area contributed by atoms with E-state index >= 15 is 0 Å². The average Bonchev–Trinajstić information content (AvgIpc) is 2.48. The quantitative estimate of drug-likeness (QED) is 0.303. The maximum atomic E-state index is 6.09. The van der Waals surface area contributed by atoms with E-state index in [4.69, 9.17) is 10.5 Å². The summed E-state index contributed by atoms with van der Waals surface area (Å²) >= 11 is 0. The van der Waals surface area contributed by atoms with E-state index in [-0.39, 0.29) is 6.10 Å². The monoisotopic (exact) mass is 303 g/mol. The molecule has 1 aromatic carbocycles. The second-order valence-electron chi connectivity index (χ2n) is 6.38. The van der Waals surface area contributed by atoms with Crippen LogP contribution < -0.4 is 10.5 Å². The van der Waals surface area contributed by atoms with Gasteiger partial charge in [0.2, 0.25) is 0 Å². The Bertz CT molecular complexity index is 418. The van der Waals surface area contributed by atoms with Gasteiger partial charge in [-0.3, -0.25) is 0 Å². The maximum absolute atomic E-state index is 6.09. The molecule has 0 bridgehead atoms. The molecule has 0 aliphatic carbocycles. The van der Waals surface area contributed by atoms with E-state index in [1.165, 1.54) is 50.5 Å². The molecule has 0 saturated heterocycles. The van der Waals surface area contributed by atoms with Crippen LogP contribution in [-0.4, -0.2) is 6.10 Å². The molecule has 124 valence electrons. The molecule has 0 heterocycles. The molecule has 0 aromatic heterocycles. The molecular weight excluding hydrogens is 270 g/mol. The topological polar surface area (TPSA) is 35.2 Å². The van der Waals surface area contributed by atoms with Crippen molar-refractivity contribution >= 4 is 5.69 Å². The highest BCUT2D eigenvalue weighted by atomic mass is 16.5. The van der Waals surface area contributed by atoms with E-state index in [2.05, 4.69) is 26.8 Å². The average molecular weight is 303 g/mol. The van der Waals surface area contributed by atoms with Crippen LogP contribution in [0.4, 0.5) is 5.69 Å². The lowest BCUT2D eigenvalue weighted by atomic mass is 10.1. The molecule has 1 rings (SSSR count). The molecule has 0 saturated carbocycles. The number of ether oxygens (including phenoxy) is 1. The lowest BCUT2D eigenvalue weighted by Gasteiger charge is -2.17. The Morgan fingerprint density at radius 3 is 2.18 bits per heavy atom. The van der Waals surface area contributed by atoms with Crippen molar-refractivity contribution in [2.45, 2.75) is 78.2 Å². The van der Waals surface area contributed by atoms with Crippen molar-refractivity contribution in [1.82, 2.24) is 0 Å². The first-order valence-corrected chi connectivity index (χ1v) is 8.79. The first kappa shape index (κ1) is 18.6. The van der Waals surface area contributed by atoms with Crippen LogP contribution in [-0.2, 0) is 0 Å². The Labute approximate surface area is 136 Å². The number of anilines is 1. The molecular formula is C20H33NO. The summed E-state index contributed by atoms with van der Waals surface area (Å²) in [6, 6.07) is 7.68. The van der Waals surface area contributed by atoms with Gasteiger partial charge in [-0.05, 0) is 57.0 Å². The Morgan fingerprint density at radius 1 is 1.00 bits per heavy atom. The van der Waals surface area contributed by atoms with Crippen molar-refractivity contribution in [3.8, 4) is 5.75 Å². The predicted molar refractivity (Wildman–Crippen MR) is 97.3 cm³/mol. The van der Waals surface area contributed by atoms with E-state index < -0.39 is 0 Å². The summed E-state index contributed by atoms with van der Waals surface area (Å²) in [4.78, 5) is 0. The van der Waals surface area contributed by atoms with Gasteiger partial charge in [0.05, 0.1) is 0 Å². The Kier molecular flexibility index (Phi) is 9.45. The minimum absolute atomic E-state index is 0.171. The number of nitrogens with two attached hydrogens (primary N) is 1. The van der Waals surface area contributed by atoms with Gasteiger partial charge in [0, 0.05) is 5.69 Å². The number of hydrogen-bond donors (Lipinski definition) is 1. The van der Waals surface area contributed by atoms with Crippen LogP contribution in [0.15, 0.2) is 35.9 Å². The highest BCUT2D eigenvalue weighted by molar-refractivity contribution is 5.41. The van der Waals surface area contributed by atoms with Crippen molar-refractivity contribution in [2.24, 2.45) is 0 Å². The zero-order valence-electron chi connectivity index (χ0n) is 14.6. The van der Waals surface area contributed by atoms with E-state index in [9.17, 15) is 0 Å². The SMILES string of the molecule is CCCCCCCCCC(C=C(C)C)Oc1ccc(N)cc1. The van der Waals surface area contributed by atoms with Gasteiger partial charge in [0.25, 0.3) is 0 Å². The van der Waals surface area contributed by atoms with Crippen molar-refractivity contribution in [2.75, 3.05) is 5.73 Å². The third-order valence-electron chi connectivity index (χ3n) is 3.78. The smallest absolute Gasteiger partial charge is 0.120 e. The molecule has 1 atom stereocenters. The van der Waals surface area contributed by atoms with Crippen LogP contribution in [0.25, 0.3) is 0 Å². The zero-order valence-corrected chi connectivity index (χ0v) is 14.6. The number of hydrogen-bond acceptors (Lipinski definition) is 2. The molecule has 2 heteroatoms. The summed E-state index contributed by atoms with van der Waals surface area (Å²) in [6.45, 7) is 6.52. The molecule has 2 N–H and O–H groups in total. The number of nitrogen functional groups attached to an aromatic ring is 1. The first-order valence-electron chi connectivity index (χ1n) is 8.79. The second-order valence-corrected chi connectivity index (χ2v) is 6.38. The maximum Gasteiger partial charge on any atom is 0.120 e. The Balaban J connectivity index is 2.35. The standard InChI is InChI=1S/C20H33NO/c1-4-5-6-7-8-9-10-11-20(16-17(2)3)22-19-14-12-18(21)13-15-19/h12-16,20H,4-11,21H2,1-3H3. The van der Waals surface area contributed by atoms with Crippen LogP contribution in [0.5, 0.6) is 5.75 Å². The van der Waals surface area contributed by atoms with Gasteiger partial charge in [-0.15, -0.1) is 0 Å². The highest BCUT2D eigenvalue weighted by Crippen LogP contribution is 2.19. The Hall–Kier alpha value is -1.44. The van der Waals surface area contributed by atoms with E-state index in [0.29, 0.717) is 0 Å². The third kappa shape index (κ3) is 8.76. The minimum atomic E-state index is 0.171. The fourth-order valence-corrected chi connectivity index (χ4v) is 2.57. The number of unbranched alkanes of at least 4 members (excludes halogenated alkanes) is 6. The summed E-state index contributed by atoms with van der Waals surface area (Å²) in [5.74, 6) is 0.902. The van der Waals surface area contributed by atoms with Gasteiger partial charge in [0.15, 0.2) is 0 Å². The van der Waals surface area contributed by atoms with Crippen molar-refractivity contribution in [3.63, 3.8) is 0 Å². The normalized spacial score (nSPS) is 12.0.